The van der Waals surface area contributed by atoms with Crippen molar-refractivity contribution < 1.29 is 9.53 Å². The quantitative estimate of drug-likeness (QED) is 0.516. The zero-order valence-corrected chi connectivity index (χ0v) is 5.96. The molecule has 1 rings (SSSR count). The normalized spacial score (nSPS) is 25.9. The first-order chi connectivity index (χ1) is 4.79. The molecule has 10 heavy (non-hydrogen) atoms. The fraction of sp³-hybridized carbons (Fsp3) is 0.833. The third-order valence-electron chi connectivity index (χ3n) is 1.23. The van der Waals surface area contributed by atoms with E-state index in [2.05, 4.69) is 10.6 Å². The molecule has 1 aliphatic heterocycles. The van der Waals surface area contributed by atoms with Gasteiger partial charge in [0.1, 0.15) is 0 Å². The van der Waals surface area contributed by atoms with Crippen LogP contribution in [0.5, 0.6) is 0 Å². The van der Waals surface area contributed by atoms with Gasteiger partial charge in [0.15, 0.2) is 6.23 Å². The van der Waals surface area contributed by atoms with Crippen molar-refractivity contribution in [1.82, 2.24) is 10.6 Å². The Morgan fingerprint density at radius 1 is 1.80 bits per heavy atom. The second-order valence-corrected chi connectivity index (χ2v) is 2.18. The number of rotatable bonds is 1. The highest BCUT2D eigenvalue weighted by Crippen LogP contribution is 1.92. The lowest BCUT2D eigenvalue weighted by Gasteiger charge is -2.21. The summed E-state index contributed by atoms with van der Waals surface area (Å²) < 4.78 is 5.14. The predicted octanol–water partition coefficient (Wildman–Crippen LogP) is -0.917. The fourth-order valence-corrected chi connectivity index (χ4v) is 0.837. The summed E-state index contributed by atoms with van der Waals surface area (Å²) >= 11 is 0. The molecule has 1 amide bonds. The number of ether oxygens (including phenoxy) is 1. The molecule has 0 spiro atoms. The maximum absolute atomic E-state index is 10.4. The number of hydrogen-bond acceptors (Lipinski definition) is 3. The van der Waals surface area contributed by atoms with Crippen molar-refractivity contribution in [1.29, 1.82) is 0 Å². The number of nitrogens with one attached hydrogen (secondary N) is 1. The number of carbonyl (C=O) groups excluding carboxylic acids is 1. The van der Waals surface area contributed by atoms with E-state index in [0.29, 0.717) is 13.2 Å². The average Bonchev–Trinajstić information content (AvgIpc) is 1.88. The van der Waals surface area contributed by atoms with Gasteiger partial charge in [-0.3, -0.25) is 4.79 Å². The Morgan fingerprint density at radius 2 is 2.60 bits per heavy atom. The minimum absolute atomic E-state index is 0.172. The van der Waals surface area contributed by atoms with Crippen molar-refractivity contribution in [3.63, 3.8) is 0 Å². The first kappa shape index (κ1) is 7.50. The molecule has 1 fully saturated rings. The van der Waals surface area contributed by atoms with E-state index in [1.807, 2.05) is 0 Å². The number of amides is 1. The smallest absolute Gasteiger partial charge is 0.240 e. The van der Waals surface area contributed by atoms with E-state index in [4.69, 9.17) is 4.74 Å². The second-order valence-electron chi connectivity index (χ2n) is 2.18. The molecule has 0 aromatic heterocycles. The number of hydrogen-bond donors (Lipinski definition) is 1. The molecule has 1 heterocycles. The Balaban J connectivity index is 2.19. The minimum atomic E-state index is -0.258. The van der Waals surface area contributed by atoms with Crippen LogP contribution in [0.25, 0.3) is 0 Å². The van der Waals surface area contributed by atoms with Gasteiger partial charge in [-0.25, -0.2) is 5.32 Å². The molecule has 0 aliphatic carbocycles. The average molecular weight is 143 g/mol. The van der Waals surface area contributed by atoms with Crippen LogP contribution in [0.2, 0.25) is 0 Å². The molecule has 1 saturated heterocycles. The summed E-state index contributed by atoms with van der Waals surface area (Å²) in [4.78, 5) is 10.4. The second kappa shape index (κ2) is 3.53. The van der Waals surface area contributed by atoms with E-state index >= 15 is 0 Å². The molecular formula is C6H11N2O2. The van der Waals surface area contributed by atoms with Crippen LogP contribution in [0.1, 0.15) is 6.92 Å². The molecule has 0 aromatic carbocycles. The zero-order chi connectivity index (χ0) is 7.40. The first-order valence-electron chi connectivity index (χ1n) is 3.33. The van der Waals surface area contributed by atoms with Gasteiger partial charge in [0.2, 0.25) is 5.91 Å². The lowest BCUT2D eigenvalue weighted by Crippen LogP contribution is -2.44. The summed E-state index contributed by atoms with van der Waals surface area (Å²) in [5.74, 6) is -0.172. The molecule has 1 unspecified atom stereocenters. The van der Waals surface area contributed by atoms with Gasteiger partial charge in [0.05, 0.1) is 6.61 Å². The van der Waals surface area contributed by atoms with E-state index in [0.717, 1.165) is 6.54 Å². The topological polar surface area (TPSA) is 52.4 Å². The Morgan fingerprint density at radius 3 is 3.10 bits per heavy atom. The molecule has 57 valence electrons. The molecule has 0 aromatic rings. The highest BCUT2D eigenvalue weighted by molar-refractivity contribution is 5.72. The van der Waals surface area contributed by atoms with Gasteiger partial charge < -0.3 is 10.1 Å². The van der Waals surface area contributed by atoms with Gasteiger partial charge >= 0.3 is 0 Å². The summed E-state index contributed by atoms with van der Waals surface area (Å²) in [6, 6.07) is 0. The SMILES string of the molecule is CC(=O)[N]C1CNCCO1. The standard InChI is InChI=1S/C6H11N2O2/c1-5(9)8-6-4-7-2-3-10-6/h6-7H,2-4H2,1H3. The van der Waals surface area contributed by atoms with Crippen LogP contribution in [-0.4, -0.2) is 31.8 Å². The van der Waals surface area contributed by atoms with Crippen LogP contribution in [-0.2, 0) is 9.53 Å². The van der Waals surface area contributed by atoms with Crippen LogP contribution in [0.3, 0.4) is 0 Å². The van der Waals surface area contributed by atoms with E-state index in [-0.39, 0.29) is 12.1 Å². The maximum Gasteiger partial charge on any atom is 0.240 e. The van der Waals surface area contributed by atoms with Crippen LogP contribution in [0.15, 0.2) is 0 Å². The van der Waals surface area contributed by atoms with Gasteiger partial charge in [-0.15, -0.1) is 0 Å². The molecule has 4 nitrogen and oxygen atoms in total. The van der Waals surface area contributed by atoms with Gasteiger partial charge in [0, 0.05) is 20.0 Å². The maximum atomic E-state index is 10.4. The summed E-state index contributed by atoms with van der Waals surface area (Å²) in [6.07, 6.45) is -0.258. The van der Waals surface area contributed by atoms with Crippen molar-refractivity contribution in [2.45, 2.75) is 13.2 Å². The molecule has 1 N–H and O–H groups in total. The lowest BCUT2D eigenvalue weighted by atomic mass is 10.4. The van der Waals surface area contributed by atoms with Crippen LogP contribution < -0.4 is 10.6 Å². The van der Waals surface area contributed by atoms with E-state index in [1.165, 1.54) is 6.92 Å². The highest BCUT2D eigenvalue weighted by Gasteiger charge is 2.14. The van der Waals surface area contributed by atoms with Crippen molar-refractivity contribution >= 4 is 5.91 Å². The molecule has 0 saturated carbocycles. The fourth-order valence-electron chi connectivity index (χ4n) is 0.837. The number of nitrogens with zero attached hydrogens (tertiary/aromatic N) is 1. The summed E-state index contributed by atoms with van der Waals surface area (Å²) in [7, 11) is 0. The Bertz CT molecular complexity index is 121. The van der Waals surface area contributed by atoms with E-state index in [9.17, 15) is 4.79 Å². The molecule has 1 aliphatic rings. The zero-order valence-electron chi connectivity index (χ0n) is 5.96. The monoisotopic (exact) mass is 143 g/mol. The van der Waals surface area contributed by atoms with Crippen molar-refractivity contribution in [3.8, 4) is 0 Å². The van der Waals surface area contributed by atoms with Crippen LogP contribution in [0.4, 0.5) is 0 Å². The summed E-state index contributed by atoms with van der Waals surface area (Å²) in [5, 5.41) is 6.78. The third kappa shape index (κ3) is 2.33. The number of morpholine rings is 1. The van der Waals surface area contributed by atoms with Crippen LogP contribution >= 0.6 is 0 Å². The molecule has 0 bridgehead atoms. The highest BCUT2D eigenvalue weighted by atomic mass is 16.5. The van der Waals surface area contributed by atoms with Gasteiger partial charge in [-0.1, -0.05) is 0 Å². The molecular weight excluding hydrogens is 132 g/mol. The third-order valence-corrected chi connectivity index (χ3v) is 1.23. The first-order valence-corrected chi connectivity index (χ1v) is 3.33. The lowest BCUT2D eigenvalue weighted by molar-refractivity contribution is -0.124. The predicted molar refractivity (Wildman–Crippen MR) is 35.4 cm³/mol. The number of carbonyl (C=O) groups is 1. The van der Waals surface area contributed by atoms with Crippen LogP contribution in [0, 0.1) is 0 Å². The van der Waals surface area contributed by atoms with Gasteiger partial charge in [-0.2, -0.15) is 0 Å². The molecule has 1 radical (unpaired) electrons. The van der Waals surface area contributed by atoms with Gasteiger partial charge in [0.25, 0.3) is 0 Å². The Labute approximate surface area is 59.9 Å². The van der Waals surface area contributed by atoms with Crippen molar-refractivity contribution in [2.24, 2.45) is 0 Å². The van der Waals surface area contributed by atoms with Crippen molar-refractivity contribution in [2.75, 3.05) is 19.7 Å². The molecule has 4 heteroatoms. The van der Waals surface area contributed by atoms with Gasteiger partial charge in [-0.05, 0) is 0 Å². The van der Waals surface area contributed by atoms with E-state index in [1.54, 1.807) is 0 Å². The minimum Gasteiger partial charge on any atom is -0.354 e. The van der Waals surface area contributed by atoms with Crippen molar-refractivity contribution in [3.05, 3.63) is 0 Å². The summed E-state index contributed by atoms with van der Waals surface area (Å²) in [6.45, 7) is 3.57. The Hall–Kier alpha value is -0.610. The Kier molecular flexibility index (Phi) is 2.65. The summed E-state index contributed by atoms with van der Waals surface area (Å²) in [5.41, 5.74) is 0. The van der Waals surface area contributed by atoms with E-state index < -0.39 is 0 Å². The molecule has 1 atom stereocenters. The largest absolute Gasteiger partial charge is 0.354 e.